The second-order valence-electron chi connectivity index (χ2n) is 6.20. The van der Waals surface area contributed by atoms with Crippen LogP contribution in [-0.2, 0) is 0 Å². The number of furan rings is 1. The summed E-state index contributed by atoms with van der Waals surface area (Å²) in [5, 5.41) is 19.4. The van der Waals surface area contributed by atoms with Crippen molar-refractivity contribution in [2.24, 2.45) is 0 Å². The van der Waals surface area contributed by atoms with Gasteiger partial charge in [0, 0.05) is 35.8 Å². The van der Waals surface area contributed by atoms with Gasteiger partial charge in [0.15, 0.2) is 0 Å². The fourth-order valence-electron chi connectivity index (χ4n) is 3.08. The Labute approximate surface area is 168 Å². The van der Waals surface area contributed by atoms with Crippen molar-refractivity contribution in [2.75, 3.05) is 18.0 Å². The number of hydrogen-bond acceptors (Lipinski definition) is 6. The van der Waals surface area contributed by atoms with Crippen LogP contribution in [0.2, 0.25) is 0 Å². The van der Waals surface area contributed by atoms with Gasteiger partial charge in [-0.3, -0.25) is 0 Å². The number of benzene rings is 1. The van der Waals surface area contributed by atoms with Crippen LogP contribution in [0.15, 0.2) is 67.9 Å². The first-order valence-corrected chi connectivity index (χ1v) is 9.20. The van der Waals surface area contributed by atoms with Gasteiger partial charge in [-0.05, 0) is 56.3 Å². The summed E-state index contributed by atoms with van der Waals surface area (Å²) >= 11 is 0. The summed E-state index contributed by atoms with van der Waals surface area (Å²) in [6, 6.07) is 14.4. The third-order valence-corrected chi connectivity index (χ3v) is 4.59. The third kappa shape index (κ3) is 4.12. The van der Waals surface area contributed by atoms with Gasteiger partial charge in [-0.2, -0.15) is 10.5 Å². The molecule has 0 saturated carbocycles. The molecule has 2 heterocycles. The van der Waals surface area contributed by atoms with E-state index >= 15 is 0 Å². The lowest BCUT2D eigenvalue weighted by Gasteiger charge is -2.21. The molecular formula is C23H19N3O3. The van der Waals surface area contributed by atoms with E-state index in [9.17, 15) is 15.3 Å². The van der Waals surface area contributed by atoms with E-state index in [1.165, 1.54) is 12.3 Å². The molecule has 3 rings (SSSR count). The molecule has 3 aromatic rings. The second kappa shape index (κ2) is 8.77. The maximum absolute atomic E-state index is 12.7. The monoisotopic (exact) mass is 385 g/mol. The predicted molar refractivity (Wildman–Crippen MR) is 112 cm³/mol. The number of hydrogen-bond donors (Lipinski definition) is 0. The van der Waals surface area contributed by atoms with Gasteiger partial charge in [0.1, 0.15) is 29.1 Å². The molecule has 144 valence electrons. The Bertz CT molecular complexity index is 1200. The standard InChI is InChI=1S/C23H19N3O3/c1-3-26(4-2)18-8-7-16-12-21(23(27)29-22(16)13-18)20(17(14-24)15-25)10-9-19-6-5-11-28-19/h5-13H,3-4H2,1-2H3/b10-9+. The molecule has 0 N–H and O–H groups in total. The van der Waals surface area contributed by atoms with Crippen molar-refractivity contribution in [3.63, 3.8) is 0 Å². The highest BCUT2D eigenvalue weighted by Crippen LogP contribution is 2.26. The number of nitrogens with zero attached hydrogens (tertiary/aromatic N) is 3. The van der Waals surface area contributed by atoms with Gasteiger partial charge < -0.3 is 13.7 Å². The molecule has 0 spiro atoms. The Hall–Kier alpha value is -4.03. The summed E-state index contributed by atoms with van der Waals surface area (Å²) in [6.07, 6.45) is 4.62. The Balaban J connectivity index is 2.15. The molecule has 0 saturated heterocycles. The van der Waals surface area contributed by atoms with Crippen molar-refractivity contribution >= 4 is 28.3 Å². The highest BCUT2D eigenvalue weighted by Gasteiger charge is 2.14. The minimum absolute atomic E-state index is 0.147. The quantitative estimate of drug-likeness (QED) is 0.345. The van der Waals surface area contributed by atoms with Crippen LogP contribution in [0.4, 0.5) is 5.69 Å². The zero-order chi connectivity index (χ0) is 20.8. The molecule has 0 unspecified atom stereocenters. The lowest BCUT2D eigenvalue weighted by molar-refractivity contribution is 0.556. The smallest absolute Gasteiger partial charge is 0.344 e. The number of anilines is 1. The summed E-state index contributed by atoms with van der Waals surface area (Å²) in [5.74, 6) is 0.534. The van der Waals surface area contributed by atoms with Gasteiger partial charge in [-0.25, -0.2) is 4.79 Å². The first-order chi connectivity index (χ1) is 14.1. The van der Waals surface area contributed by atoms with E-state index in [0.717, 1.165) is 18.8 Å². The Morgan fingerprint density at radius 3 is 2.52 bits per heavy atom. The highest BCUT2D eigenvalue weighted by molar-refractivity contribution is 5.89. The largest absolute Gasteiger partial charge is 0.465 e. The van der Waals surface area contributed by atoms with Gasteiger partial charge >= 0.3 is 5.63 Å². The average Bonchev–Trinajstić information content (AvgIpc) is 3.25. The molecule has 0 aliphatic rings. The van der Waals surface area contributed by atoms with Crippen LogP contribution < -0.4 is 10.5 Å². The van der Waals surface area contributed by atoms with Crippen molar-refractivity contribution in [3.8, 4) is 12.1 Å². The maximum atomic E-state index is 12.7. The lowest BCUT2D eigenvalue weighted by Crippen LogP contribution is -2.21. The second-order valence-corrected chi connectivity index (χ2v) is 6.20. The first kappa shape index (κ1) is 19.7. The van der Waals surface area contributed by atoms with E-state index in [1.54, 1.807) is 24.3 Å². The Morgan fingerprint density at radius 1 is 1.14 bits per heavy atom. The third-order valence-electron chi connectivity index (χ3n) is 4.59. The van der Waals surface area contributed by atoms with Gasteiger partial charge in [0.05, 0.1) is 11.8 Å². The number of allylic oxidation sites excluding steroid dienone is 3. The fraction of sp³-hybridized carbons (Fsp3) is 0.174. The minimum Gasteiger partial charge on any atom is -0.465 e. The van der Waals surface area contributed by atoms with Gasteiger partial charge in [-0.1, -0.05) is 0 Å². The highest BCUT2D eigenvalue weighted by atomic mass is 16.4. The zero-order valence-corrected chi connectivity index (χ0v) is 16.2. The van der Waals surface area contributed by atoms with Crippen molar-refractivity contribution in [1.82, 2.24) is 0 Å². The summed E-state index contributed by atoms with van der Waals surface area (Å²) in [5.41, 5.74) is 0.953. The summed E-state index contributed by atoms with van der Waals surface area (Å²) < 4.78 is 10.8. The van der Waals surface area contributed by atoms with E-state index in [1.807, 2.05) is 30.3 Å². The van der Waals surface area contributed by atoms with Gasteiger partial charge in [0.2, 0.25) is 0 Å². The molecule has 29 heavy (non-hydrogen) atoms. The van der Waals surface area contributed by atoms with Crippen LogP contribution in [0.25, 0.3) is 22.6 Å². The van der Waals surface area contributed by atoms with E-state index in [2.05, 4.69) is 18.7 Å². The molecule has 6 heteroatoms. The summed E-state index contributed by atoms with van der Waals surface area (Å²) in [7, 11) is 0. The van der Waals surface area contributed by atoms with E-state index in [0.29, 0.717) is 16.7 Å². The molecule has 0 bridgehead atoms. The van der Waals surface area contributed by atoms with Gasteiger partial charge in [-0.15, -0.1) is 0 Å². The maximum Gasteiger partial charge on any atom is 0.344 e. The Kier molecular flexibility index (Phi) is 5.97. The normalized spacial score (nSPS) is 10.6. The molecule has 0 aliphatic heterocycles. The molecule has 1 aromatic carbocycles. The van der Waals surface area contributed by atoms with Crippen LogP contribution in [0.3, 0.4) is 0 Å². The SMILES string of the molecule is CCN(CC)c1ccc2cc(C(/C=C/c3ccco3)=C(C#N)C#N)c(=O)oc2c1. The summed E-state index contributed by atoms with van der Waals surface area (Å²) in [6.45, 7) is 5.78. The minimum atomic E-state index is -0.615. The van der Waals surface area contributed by atoms with E-state index in [-0.39, 0.29) is 16.7 Å². The van der Waals surface area contributed by atoms with E-state index < -0.39 is 5.63 Å². The average molecular weight is 385 g/mol. The molecular weight excluding hydrogens is 366 g/mol. The first-order valence-electron chi connectivity index (χ1n) is 9.20. The van der Waals surface area contributed by atoms with E-state index in [4.69, 9.17) is 8.83 Å². The molecule has 6 nitrogen and oxygen atoms in total. The Morgan fingerprint density at radius 2 is 1.90 bits per heavy atom. The predicted octanol–water partition coefficient (Wildman–Crippen LogP) is 4.75. The molecule has 0 fully saturated rings. The van der Waals surface area contributed by atoms with Gasteiger partial charge in [0.25, 0.3) is 0 Å². The number of fused-ring (bicyclic) bond motifs is 1. The topological polar surface area (TPSA) is 94.2 Å². The lowest BCUT2D eigenvalue weighted by atomic mass is 10.0. The van der Waals surface area contributed by atoms with Crippen LogP contribution in [0.5, 0.6) is 0 Å². The van der Waals surface area contributed by atoms with Crippen molar-refractivity contribution in [2.45, 2.75) is 13.8 Å². The molecule has 0 amide bonds. The summed E-state index contributed by atoms with van der Waals surface area (Å²) in [4.78, 5) is 14.8. The van der Waals surface area contributed by atoms with Crippen LogP contribution in [0, 0.1) is 22.7 Å². The van der Waals surface area contributed by atoms with Crippen molar-refractivity contribution in [1.29, 1.82) is 10.5 Å². The van der Waals surface area contributed by atoms with Crippen LogP contribution >= 0.6 is 0 Å². The van der Waals surface area contributed by atoms with Crippen LogP contribution in [-0.4, -0.2) is 13.1 Å². The molecule has 2 aromatic heterocycles. The molecule has 0 aliphatic carbocycles. The van der Waals surface area contributed by atoms with Crippen molar-refractivity contribution < 1.29 is 8.83 Å². The number of nitriles is 2. The zero-order valence-electron chi connectivity index (χ0n) is 16.2. The van der Waals surface area contributed by atoms with Crippen molar-refractivity contribution in [3.05, 3.63) is 76.1 Å². The molecule has 0 radical (unpaired) electrons. The number of rotatable bonds is 6. The van der Waals surface area contributed by atoms with Crippen LogP contribution in [0.1, 0.15) is 25.2 Å². The molecule has 0 atom stereocenters. The fourth-order valence-corrected chi connectivity index (χ4v) is 3.08.